The van der Waals surface area contributed by atoms with E-state index < -0.39 is 172 Å². The van der Waals surface area contributed by atoms with Crippen molar-refractivity contribution in [2.24, 2.45) is 34.7 Å². The first-order valence-corrected chi connectivity index (χ1v) is 32.6. The van der Waals surface area contributed by atoms with Crippen molar-refractivity contribution in [3.63, 3.8) is 0 Å². The van der Waals surface area contributed by atoms with Crippen LogP contribution in [0.5, 0.6) is 5.75 Å². The van der Waals surface area contributed by atoms with E-state index in [0.717, 1.165) is 0 Å². The minimum Gasteiger partial charge on any atom is -0.492 e. The Bertz CT molecular complexity index is 2520. The van der Waals surface area contributed by atoms with Crippen LogP contribution in [0, 0.1) is 29.6 Å². The summed E-state index contributed by atoms with van der Waals surface area (Å²) in [4.78, 5) is 43.1. The second-order valence-corrected chi connectivity index (χ2v) is 26.0. The number of rotatable bonds is 33. The van der Waals surface area contributed by atoms with Crippen molar-refractivity contribution in [2.75, 3.05) is 52.7 Å². The molecule has 28 atom stereocenters. The summed E-state index contributed by atoms with van der Waals surface area (Å²) in [7, 11) is 0. The summed E-state index contributed by atoms with van der Waals surface area (Å²) < 4.78 is 60.0. The fraction of sp³-hybridized carbons (Fsp3) is 0.855. The van der Waals surface area contributed by atoms with Gasteiger partial charge in [-0.1, -0.05) is 39.2 Å². The minimum absolute atomic E-state index is 0.0177. The van der Waals surface area contributed by atoms with E-state index in [1.54, 1.807) is 0 Å². The summed E-state index contributed by atoms with van der Waals surface area (Å²) in [5.74, 6) is -1.32. The number of nitrogens with one attached hydrogen (secondary N) is 1. The van der Waals surface area contributed by atoms with Gasteiger partial charge in [0.2, 0.25) is 5.91 Å². The molecule has 3 saturated heterocycles. The molecule has 6 aliphatic rings. The van der Waals surface area contributed by atoms with Crippen molar-refractivity contribution in [2.45, 2.75) is 252 Å². The number of amides is 1. The molecule has 1 aromatic carbocycles. The Morgan fingerprint density at radius 1 is 0.495 bits per heavy atom. The van der Waals surface area contributed by atoms with E-state index in [-0.39, 0.29) is 118 Å². The molecular formula is C62H100N4O27. The summed E-state index contributed by atoms with van der Waals surface area (Å²) >= 11 is 0. The van der Waals surface area contributed by atoms with Crippen molar-refractivity contribution in [1.82, 2.24) is 5.32 Å². The van der Waals surface area contributed by atoms with Gasteiger partial charge in [0.15, 0.2) is 36.7 Å². The lowest BCUT2D eigenvalue weighted by Gasteiger charge is -2.46. The number of nitrogens with zero attached hydrogens (tertiary/aromatic N) is 3. The van der Waals surface area contributed by atoms with Gasteiger partial charge in [0.05, 0.1) is 69.6 Å². The smallest absolute Gasteiger partial charge is 0.220 e. The zero-order valence-electron chi connectivity index (χ0n) is 53.2. The second kappa shape index (κ2) is 36.7. The molecule has 12 unspecified atom stereocenters. The molecule has 7 rings (SSSR count). The molecule has 0 radical (unpaired) electrons. The van der Waals surface area contributed by atoms with Crippen LogP contribution < -0.4 is 10.1 Å². The van der Waals surface area contributed by atoms with Crippen LogP contribution in [0.2, 0.25) is 0 Å². The third-order valence-electron chi connectivity index (χ3n) is 19.1. The number of hydrogen-bond acceptors (Lipinski definition) is 28. The molecular weight excluding hydrogens is 1230 g/mol. The Hall–Kier alpha value is -3.78. The molecule has 3 saturated carbocycles. The van der Waals surface area contributed by atoms with Gasteiger partial charge in [0, 0.05) is 54.4 Å². The van der Waals surface area contributed by atoms with E-state index in [9.17, 15) is 85.9 Å². The minimum atomic E-state index is -1.83. The van der Waals surface area contributed by atoms with E-state index in [1.807, 2.05) is 27.7 Å². The molecule has 0 bridgehead atoms. The average molecular weight is 1330 g/mol. The van der Waals surface area contributed by atoms with E-state index in [4.69, 9.17) is 52.9 Å². The summed E-state index contributed by atoms with van der Waals surface area (Å²) in [5.41, 5.74) is 8.63. The summed E-state index contributed by atoms with van der Waals surface area (Å²) in [6.07, 6.45) is -28.7. The predicted octanol–water partition coefficient (Wildman–Crippen LogP) is -1.48. The number of aliphatic hydroxyl groups is 14. The zero-order chi connectivity index (χ0) is 67.8. The third-order valence-corrected chi connectivity index (χ3v) is 19.1. The Morgan fingerprint density at radius 2 is 0.978 bits per heavy atom. The second-order valence-electron chi connectivity index (χ2n) is 26.0. The lowest BCUT2D eigenvalue weighted by Crippen LogP contribution is -2.62. The largest absolute Gasteiger partial charge is 0.492 e. The summed E-state index contributed by atoms with van der Waals surface area (Å²) in [6.45, 7) is 6.56. The van der Waals surface area contributed by atoms with Crippen LogP contribution in [0.1, 0.15) is 132 Å². The van der Waals surface area contributed by atoms with Crippen molar-refractivity contribution in [3.05, 3.63) is 39.8 Å². The number of aliphatic hydroxyl groups excluding tert-OH is 14. The SMILES string of the molecule is CC1C[C@H](OCC2O[C@H](OCCCC(=O)c3cc(OCCNC(=O)CCCCCN=[N+]=[N-])cc(C(=O)CCCO[C@H]4OC(O[C@H]5CC(C)[C@@H](C)CC5O[C@H]5OC(CO)[C@@H](O)[C@H](O)C5O)[C@@H](O)[C@H](O)C4O)c3)C(O)[C@@H](O)[C@@H]2O)C(O[C@@H]2CC(CO)[C@@H](O)[C@H](O)C2O)C[C@@H]1C. The van der Waals surface area contributed by atoms with Crippen molar-refractivity contribution in [3.8, 4) is 5.75 Å². The molecule has 1 amide bonds. The van der Waals surface area contributed by atoms with Gasteiger partial charge < -0.3 is 124 Å². The molecule has 6 fully saturated rings. The number of unbranched alkanes of at least 4 members (excludes halogenated alkanes) is 2. The third kappa shape index (κ3) is 20.6. The van der Waals surface area contributed by atoms with Gasteiger partial charge in [-0.15, -0.1) is 0 Å². The Morgan fingerprint density at radius 3 is 1.53 bits per heavy atom. The molecule has 3 aliphatic carbocycles. The van der Waals surface area contributed by atoms with E-state index >= 15 is 0 Å². The van der Waals surface area contributed by atoms with Crippen LogP contribution >= 0.6 is 0 Å². The lowest BCUT2D eigenvalue weighted by atomic mass is 9.77. The molecule has 0 spiro atoms. The topological polar surface area (TPSA) is 488 Å². The highest BCUT2D eigenvalue weighted by Crippen LogP contribution is 2.40. The van der Waals surface area contributed by atoms with Crippen LogP contribution in [-0.2, 0) is 47.4 Å². The van der Waals surface area contributed by atoms with Gasteiger partial charge >= 0.3 is 0 Å². The number of carbonyl (C=O) groups is 3. The monoisotopic (exact) mass is 1330 g/mol. The Kier molecular flexibility index (Phi) is 30.2. The van der Waals surface area contributed by atoms with Gasteiger partial charge in [-0.3, -0.25) is 14.4 Å². The lowest BCUT2D eigenvalue weighted by molar-refractivity contribution is -0.371. The average Bonchev–Trinajstić information content (AvgIpc) is 0.895. The Labute approximate surface area is 539 Å². The van der Waals surface area contributed by atoms with Gasteiger partial charge in [-0.25, -0.2) is 0 Å². The molecule has 0 aromatic heterocycles. The van der Waals surface area contributed by atoms with E-state index in [2.05, 4.69) is 15.3 Å². The van der Waals surface area contributed by atoms with E-state index in [0.29, 0.717) is 51.5 Å². The van der Waals surface area contributed by atoms with Gasteiger partial charge in [0.25, 0.3) is 0 Å². The maximum atomic E-state index is 13.9. The molecule has 31 heteroatoms. The highest BCUT2D eigenvalue weighted by Gasteiger charge is 2.52. The van der Waals surface area contributed by atoms with Crippen molar-refractivity contribution >= 4 is 17.5 Å². The molecule has 3 aliphatic heterocycles. The number of hydrogen-bond donors (Lipinski definition) is 15. The molecule has 3 heterocycles. The highest BCUT2D eigenvalue weighted by atomic mass is 16.8. The van der Waals surface area contributed by atoms with Crippen LogP contribution in [0.4, 0.5) is 0 Å². The molecule has 93 heavy (non-hydrogen) atoms. The number of Topliss-reactive ketones (excluding diaryl/α,β-unsaturated/α-hetero) is 2. The first-order valence-electron chi connectivity index (χ1n) is 32.6. The van der Waals surface area contributed by atoms with Crippen LogP contribution in [-0.4, -0.2) is 283 Å². The maximum absolute atomic E-state index is 13.9. The first-order chi connectivity index (χ1) is 44.3. The molecule has 15 N–H and O–H groups in total. The quantitative estimate of drug-likeness (QED) is 0.0125. The number of carbonyl (C=O) groups excluding carboxylic acids is 3. The summed E-state index contributed by atoms with van der Waals surface area (Å²) in [5, 5.41) is 155. The standard InChI is InChI=1S/C62H100N4O27/c1-29-18-39(40(19-30(29)2)88-43-25-35(26-67)47(72)51(76)48(43)73)87-28-45-50(75)53(78)55(80)59(92-45)85-15-8-10-37(69)33-22-34(24-36(23-33)84-17-14-64-46(71)12-6-5-7-13-65-66-63)38(70)11-9-16-86-60-56(81)54(79)58(83)62(93-60)90-42-21-32(4)31(3)20-41(42)89-61-57(82)52(77)49(74)44(27-68)91-61/h22-24,29-32,35,39-45,47-62,67-68,72-83H,5-21,25-28H2,1-4H3,(H,64,71)/t29?,30-,31-,32?,35?,39-,40?,41?,42-,43+,44?,45?,47+,48?,49+,50+,51-,52-,53-,54+,55?,56?,57?,58-,59-,60-,61-,62?/m0/s1. The molecule has 1 aromatic rings. The predicted molar refractivity (Wildman–Crippen MR) is 320 cm³/mol. The number of ether oxygens (including phenoxy) is 10. The number of azide groups is 1. The molecule has 530 valence electrons. The van der Waals surface area contributed by atoms with Gasteiger partial charge in [-0.05, 0) is 105 Å². The highest BCUT2D eigenvalue weighted by molar-refractivity contribution is 6.02. The van der Waals surface area contributed by atoms with Crippen LogP contribution in [0.15, 0.2) is 23.3 Å². The Balaban J connectivity index is 0.939. The fourth-order valence-corrected chi connectivity index (χ4v) is 12.7. The zero-order valence-corrected chi connectivity index (χ0v) is 53.2. The van der Waals surface area contributed by atoms with Gasteiger partial charge in [-0.2, -0.15) is 0 Å². The van der Waals surface area contributed by atoms with Crippen LogP contribution in [0.3, 0.4) is 0 Å². The van der Waals surface area contributed by atoms with Crippen LogP contribution in [0.25, 0.3) is 10.4 Å². The van der Waals surface area contributed by atoms with Crippen molar-refractivity contribution < 1.29 is 133 Å². The fourth-order valence-electron chi connectivity index (χ4n) is 12.7. The number of benzene rings is 1. The van der Waals surface area contributed by atoms with Crippen molar-refractivity contribution in [1.29, 1.82) is 0 Å². The first kappa shape index (κ1) is 76.6. The summed E-state index contributed by atoms with van der Waals surface area (Å²) in [6, 6.07) is 4.25. The van der Waals surface area contributed by atoms with E-state index in [1.165, 1.54) is 18.2 Å². The normalized spacial score (nSPS) is 39.8. The molecule has 31 nitrogen and oxygen atoms in total. The number of ketones is 2. The van der Waals surface area contributed by atoms with Gasteiger partial charge in [0.1, 0.15) is 91.7 Å². The maximum Gasteiger partial charge on any atom is 0.220 e.